The van der Waals surface area contributed by atoms with E-state index in [1.807, 2.05) is 0 Å². The second-order valence-electron chi connectivity index (χ2n) is 5.06. The summed E-state index contributed by atoms with van der Waals surface area (Å²) in [5.41, 5.74) is 2.52. The van der Waals surface area contributed by atoms with Gasteiger partial charge in [-0.05, 0) is 43.3 Å². The van der Waals surface area contributed by atoms with E-state index in [9.17, 15) is 9.59 Å². The minimum absolute atomic E-state index is 0.0144. The molecule has 3 aromatic rings. The molecule has 0 aliphatic carbocycles. The lowest BCUT2D eigenvalue weighted by molar-refractivity contribution is -0.113. The van der Waals surface area contributed by atoms with Crippen LogP contribution in [0.4, 0.5) is 5.69 Å². The van der Waals surface area contributed by atoms with Crippen molar-refractivity contribution in [3.63, 3.8) is 0 Å². The summed E-state index contributed by atoms with van der Waals surface area (Å²) in [6.07, 6.45) is 0. The predicted molar refractivity (Wildman–Crippen MR) is 94.8 cm³/mol. The van der Waals surface area contributed by atoms with Gasteiger partial charge in [-0.2, -0.15) is 0 Å². The molecular formula is C17H13ClN2O3S. The monoisotopic (exact) mass is 360 g/mol. The zero-order valence-corrected chi connectivity index (χ0v) is 14.3. The summed E-state index contributed by atoms with van der Waals surface area (Å²) in [7, 11) is 0. The molecule has 1 N–H and O–H groups in total. The van der Waals surface area contributed by atoms with Gasteiger partial charge in [0.05, 0.1) is 5.75 Å². The molecule has 122 valence electrons. The molecule has 0 aliphatic rings. The standard InChI is InChI=1S/C17H13ClN2O3S/c1-10(21)11-2-5-13(6-3-11)19-16(22)9-24-17-20-14-7-4-12(18)8-15(14)23-17/h2-8H,9H2,1H3,(H,19,22). The lowest BCUT2D eigenvalue weighted by Crippen LogP contribution is -2.14. The smallest absolute Gasteiger partial charge is 0.257 e. The molecule has 1 heterocycles. The number of benzene rings is 2. The molecule has 7 heteroatoms. The topological polar surface area (TPSA) is 72.2 Å². The van der Waals surface area contributed by atoms with Crippen LogP contribution in [0.25, 0.3) is 11.1 Å². The molecule has 0 unspecified atom stereocenters. The number of anilines is 1. The summed E-state index contributed by atoms with van der Waals surface area (Å²) in [6.45, 7) is 1.50. The summed E-state index contributed by atoms with van der Waals surface area (Å²) < 4.78 is 5.54. The summed E-state index contributed by atoms with van der Waals surface area (Å²) in [4.78, 5) is 27.5. The van der Waals surface area contributed by atoms with Crippen LogP contribution in [-0.2, 0) is 4.79 Å². The maximum atomic E-state index is 12.0. The number of carbonyl (C=O) groups is 2. The summed E-state index contributed by atoms with van der Waals surface area (Å²) in [5, 5.41) is 3.74. The van der Waals surface area contributed by atoms with E-state index in [1.165, 1.54) is 18.7 Å². The molecule has 0 saturated carbocycles. The number of halogens is 1. The SMILES string of the molecule is CC(=O)c1ccc(NC(=O)CSc2nc3ccc(Cl)cc3o2)cc1. The van der Waals surface area contributed by atoms with Gasteiger partial charge in [0.1, 0.15) is 5.52 Å². The van der Waals surface area contributed by atoms with Gasteiger partial charge in [-0.25, -0.2) is 4.98 Å². The minimum Gasteiger partial charge on any atom is -0.431 e. The van der Waals surface area contributed by atoms with Crippen LogP contribution >= 0.6 is 23.4 Å². The highest BCUT2D eigenvalue weighted by Gasteiger charge is 2.10. The van der Waals surface area contributed by atoms with Gasteiger partial charge in [0.2, 0.25) is 5.91 Å². The number of fused-ring (bicyclic) bond motifs is 1. The highest BCUT2D eigenvalue weighted by Crippen LogP contribution is 2.25. The van der Waals surface area contributed by atoms with Gasteiger partial charge in [0.25, 0.3) is 5.22 Å². The van der Waals surface area contributed by atoms with Crippen molar-refractivity contribution in [3.8, 4) is 0 Å². The lowest BCUT2D eigenvalue weighted by atomic mass is 10.1. The summed E-state index contributed by atoms with van der Waals surface area (Å²) in [5.74, 6) is -0.0370. The van der Waals surface area contributed by atoms with Gasteiger partial charge in [0, 0.05) is 22.3 Å². The van der Waals surface area contributed by atoms with Gasteiger partial charge in [-0.3, -0.25) is 9.59 Å². The number of amides is 1. The molecular weight excluding hydrogens is 348 g/mol. The number of carbonyl (C=O) groups excluding carboxylic acids is 2. The largest absolute Gasteiger partial charge is 0.431 e. The van der Waals surface area contributed by atoms with Gasteiger partial charge in [-0.15, -0.1) is 0 Å². The van der Waals surface area contributed by atoms with E-state index in [2.05, 4.69) is 10.3 Å². The van der Waals surface area contributed by atoms with Crippen molar-refractivity contribution in [2.45, 2.75) is 12.1 Å². The zero-order chi connectivity index (χ0) is 17.1. The number of hydrogen-bond acceptors (Lipinski definition) is 5. The van der Waals surface area contributed by atoms with E-state index in [-0.39, 0.29) is 17.4 Å². The second-order valence-corrected chi connectivity index (χ2v) is 6.43. The molecule has 24 heavy (non-hydrogen) atoms. The third-order valence-corrected chi connectivity index (χ3v) is 4.30. The minimum atomic E-state index is -0.184. The van der Waals surface area contributed by atoms with Crippen molar-refractivity contribution < 1.29 is 14.0 Å². The van der Waals surface area contributed by atoms with Gasteiger partial charge >= 0.3 is 0 Å². The number of rotatable bonds is 5. The van der Waals surface area contributed by atoms with Gasteiger partial charge < -0.3 is 9.73 Å². The number of Topliss-reactive ketones (excluding diaryl/α,β-unsaturated/α-hetero) is 1. The predicted octanol–water partition coefficient (Wildman–Crippen LogP) is 4.41. The Labute approximate surface area is 147 Å². The Morgan fingerprint density at radius 2 is 1.96 bits per heavy atom. The highest BCUT2D eigenvalue weighted by molar-refractivity contribution is 7.99. The fraction of sp³-hybridized carbons (Fsp3) is 0.118. The molecule has 2 aromatic carbocycles. The third kappa shape index (κ3) is 3.96. The Bertz CT molecular complexity index is 906. The molecule has 0 saturated heterocycles. The van der Waals surface area contributed by atoms with Crippen LogP contribution in [0.5, 0.6) is 0 Å². The number of nitrogens with zero attached hydrogens (tertiary/aromatic N) is 1. The zero-order valence-electron chi connectivity index (χ0n) is 12.7. The van der Waals surface area contributed by atoms with Crippen LogP contribution < -0.4 is 5.32 Å². The Kier molecular flexibility index (Phi) is 4.87. The normalized spacial score (nSPS) is 10.8. The van der Waals surface area contributed by atoms with E-state index in [1.54, 1.807) is 42.5 Å². The number of aromatic nitrogens is 1. The van der Waals surface area contributed by atoms with Crippen molar-refractivity contribution >= 4 is 51.8 Å². The van der Waals surface area contributed by atoms with Crippen LogP contribution in [0.2, 0.25) is 5.02 Å². The first kappa shape index (κ1) is 16.5. The Morgan fingerprint density at radius 1 is 1.21 bits per heavy atom. The van der Waals surface area contributed by atoms with Crippen molar-refractivity contribution in [3.05, 3.63) is 53.1 Å². The fourth-order valence-corrected chi connectivity index (χ4v) is 2.85. The summed E-state index contributed by atoms with van der Waals surface area (Å²) in [6, 6.07) is 11.9. The Morgan fingerprint density at radius 3 is 2.67 bits per heavy atom. The van der Waals surface area contributed by atoms with E-state index in [4.69, 9.17) is 16.0 Å². The Hall–Kier alpha value is -2.31. The lowest BCUT2D eigenvalue weighted by Gasteiger charge is -2.04. The van der Waals surface area contributed by atoms with Crippen LogP contribution in [0, 0.1) is 0 Å². The fourth-order valence-electron chi connectivity index (χ4n) is 2.05. The maximum absolute atomic E-state index is 12.0. The highest BCUT2D eigenvalue weighted by atomic mass is 35.5. The first-order valence-electron chi connectivity index (χ1n) is 7.11. The molecule has 1 aromatic heterocycles. The average molecular weight is 361 g/mol. The van der Waals surface area contributed by atoms with E-state index in [0.717, 1.165) is 0 Å². The van der Waals surface area contributed by atoms with E-state index < -0.39 is 0 Å². The number of thioether (sulfide) groups is 1. The Balaban J connectivity index is 1.59. The summed E-state index contributed by atoms with van der Waals surface area (Å²) >= 11 is 7.10. The number of ketones is 1. The molecule has 0 radical (unpaired) electrons. The van der Waals surface area contributed by atoms with Crippen LogP contribution in [-0.4, -0.2) is 22.4 Å². The van der Waals surface area contributed by atoms with E-state index in [0.29, 0.717) is 32.6 Å². The van der Waals surface area contributed by atoms with Crippen LogP contribution in [0.15, 0.2) is 52.1 Å². The van der Waals surface area contributed by atoms with Crippen molar-refractivity contribution in [2.24, 2.45) is 0 Å². The molecule has 0 aliphatic heterocycles. The van der Waals surface area contributed by atoms with E-state index >= 15 is 0 Å². The third-order valence-electron chi connectivity index (χ3n) is 3.23. The molecule has 0 spiro atoms. The molecule has 5 nitrogen and oxygen atoms in total. The quantitative estimate of drug-likeness (QED) is 0.538. The molecule has 1 amide bonds. The maximum Gasteiger partial charge on any atom is 0.257 e. The molecule has 0 fully saturated rings. The first-order chi connectivity index (χ1) is 11.5. The van der Waals surface area contributed by atoms with Crippen molar-refractivity contribution in [2.75, 3.05) is 11.1 Å². The van der Waals surface area contributed by atoms with Crippen LogP contribution in [0.3, 0.4) is 0 Å². The van der Waals surface area contributed by atoms with Crippen molar-refractivity contribution in [1.82, 2.24) is 4.98 Å². The second kappa shape index (κ2) is 7.07. The van der Waals surface area contributed by atoms with Gasteiger partial charge in [-0.1, -0.05) is 23.4 Å². The molecule has 0 atom stereocenters. The number of hydrogen-bond donors (Lipinski definition) is 1. The average Bonchev–Trinajstić information content (AvgIpc) is 2.95. The number of oxazole rings is 1. The first-order valence-corrected chi connectivity index (χ1v) is 8.47. The molecule has 3 rings (SSSR count). The van der Waals surface area contributed by atoms with Crippen LogP contribution in [0.1, 0.15) is 17.3 Å². The van der Waals surface area contributed by atoms with Gasteiger partial charge in [0.15, 0.2) is 11.4 Å². The van der Waals surface area contributed by atoms with Crippen molar-refractivity contribution in [1.29, 1.82) is 0 Å². The molecule has 0 bridgehead atoms. The number of nitrogens with one attached hydrogen (secondary N) is 1.